The van der Waals surface area contributed by atoms with Crippen molar-refractivity contribution in [2.24, 2.45) is 0 Å². The van der Waals surface area contributed by atoms with E-state index in [1.54, 1.807) is 0 Å². The zero-order chi connectivity index (χ0) is 24.1. The van der Waals surface area contributed by atoms with Gasteiger partial charge in [0.25, 0.3) is 11.8 Å². The van der Waals surface area contributed by atoms with E-state index in [4.69, 9.17) is 0 Å². The Morgan fingerprint density at radius 1 is 0.714 bits per heavy atom. The van der Waals surface area contributed by atoms with Crippen molar-refractivity contribution in [3.63, 3.8) is 0 Å². The van der Waals surface area contributed by atoms with Gasteiger partial charge in [-0.25, -0.2) is 4.79 Å². The van der Waals surface area contributed by atoms with Gasteiger partial charge in [-0.1, -0.05) is 78.9 Å². The summed E-state index contributed by atoms with van der Waals surface area (Å²) in [4.78, 5) is 39.9. The van der Waals surface area contributed by atoms with Crippen molar-refractivity contribution in [3.05, 3.63) is 130 Å². The zero-order valence-electron chi connectivity index (χ0n) is 18.7. The smallest absolute Gasteiger partial charge is 0.335 e. The van der Waals surface area contributed by atoms with Crippen LogP contribution >= 0.6 is 0 Å². The molecule has 170 valence electrons. The Morgan fingerprint density at radius 2 is 1.29 bits per heavy atom. The van der Waals surface area contributed by atoms with E-state index in [0.717, 1.165) is 5.56 Å². The Kier molecular flexibility index (Phi) is 4.85. The first-order valence-electron chi connectivity index (χ1n) is 11.5. The molecule has 0 radical (unpaired) electrons. The molecule has 0 fully saturated rings. The molecule has 4 aromatic rings. The van der Waals surface area contributed by atoms with E-state index in [-0.39, 0.29) is 22.6 Å². The predicted molar refractivity (Wildman–Crippen MR) is 131 cm³/mol. The fraction of sp³-hybridized carbons (Fsp3) is 0.100. The van der Waals surface area contributed by atoms with Crippen LogP contribution < -0.4 is 0 Å². The monoisotopic (exact) mass is 459 g/mol. The third-order valence-electron chi connectivity index (χ3n) is 7.08. The van der Waals surface area contributed by atoms with Crippen LogP contribution in [0.1, 0.15) is 66.1 Å². The molecule has 1 heterocycles. The van der Waals surface area contributed by atoms with Gasteiger partial charge in [-0.3, -0.25) is 14.5 Å². The van der Waals surface area contributed by atoms with Crippen LogP contribution in [0.15, 0.2) is 97.1 Å². The van der Waals surface area contributed by atoms with Crippen LogP contribution in [0.5, 0.6) is 0 Å². The number of carboxylic acid groups (broad SMARTS) is 1. The van der Waals surface area contributed by atoms with E-state index >= 15 is 0 Å². The second-order valence-electron chi connectivity index (χ2n) is 8.94. The van der Waals surface area contributed by atoms with Gasteiger partial charge in [-0.2, -0.15) is 0 Å². The van der Waals surface area contributed by atoms with Crippen molar-refractivity contribution in [1.82, 2.24) is 4.90 Å². The number of aromatic carboxylic acids is 1. The molecule has 4 aromatic carbocycles. The summed E-state index contributed by atoms with van der Waals surface area (Å²) in [6.45, 7) is 0. The number of benzene rings is 4. The molecule has 35 heavy (non-hydrogen) atoms. The number of carbonyl (C=O) groups is 3. The largest absolute Gasteiger partial charge is 0.478 e. The molecule has 0 bridgehead atoms. The summed E-state index contributed by atoms with van der Waals surface area (Å²) in [7, 11) is 0. The minimum atomic E-state index is -1.13. The first kappa shape index (κ1) is 21.1. The minimum absolute atomic E-state index is 0.00602. The number of amides is 2. The molecule has 1 N–H and O–H groups in total. The number of fused-ring (bicyclic) bond motifs is 4. The Labute approximate surface area is 202 Å². The number of hydrogen-bond acceptors (Lipinski definition) is 3. The predicted octanol–water partition coefficient (Wildman–Crippen LogP) is 5.92. The van der Waals surface area contributed by atoms with Crippen molar-refractivity contribution in [1.29, 1.82) is 0 Å². The van der Waals surface area contributed by atoms with Crippen LogP contribution in [0.4, 0.5) is 0 Å². The Balaban J connectivity index is 1.46. The topological polar surface area (TPSA) is 74.7 Å². The van der Waals surface area contributed by atoms with Gasteiger partial charge in [-0.05, 0) is 52.4 Å². The Morgan fingerprint density at radius 3 is 1.91 bits per heavy atom. The van der Waals surface area contributed by atoms with Gasteiger partial charge >= 0.3 is 5.97 Å². The van der Waals surface area contributed by atoms with Gasteiger partial charge in [0, 0.05) is 5.92 Å². The molecule has 0 spiro atoms. The molecule has 0 saturated carbocycles. The van der Waals surface area contributed by atoms with Crippen molar-refractivity contribution >= 4 is 17.8 Å². The quantitative estimate of drug-likeness (QED) is 0.376. The van der Waals surface area contributed by atoms with E-state index in [1.807, 2.05) is 54.6 Å². The SMILES string of the molecule is O=C(O)c1ccc2c(c1)C(=O)N([C@@H](CC1c3ccccc3-c3ccccc31)c1ccccc1)C2=O. The standard InChI is InChI=1S/C30H21NO4/c32-28-24-15-14-19(30(34)35)16-26(24)29(33)31(28)27(18-8-2-1-3-9-18)17-25-22-12-6-4-10-20(22)21-11-5-7-13-23(21)25/h1-16,25,27H,17H2,(H,34,35)/t27-/m0/s1. The molecule has 2 aliphatic rings. The zero-order valence-corrected chi connectivity index (χ0v) is 18.7. The van der Waals surface area contributed by atoms with E-state index in [9.17, 15) is 19.5 Å². The van der Waals surface area contributed by atoms with Crippen molar-refractivity contribution in [2.45, 2.75) is 18.4 Å². The van der Waals surface area contributed by atoms with Gasteiger partial charge in [0.15, 0.2) is 0 Å². The summed E-state index contributed by atoms with van der Waals surface area (Å²) < 4.78 is 0. The normalized spacial score (nSPS) is 15.0. The number of carboxylic acids is 1. The van der Waals surface area contributed by atoms with Crippen LogP contribution in [-0.4, -0.2) is 27.8 Å². The van der Waals surface area contributed by atoms with E-state index in [0.29, 0.717) is 6.42 Å². The lowest BCUT2D eigenvalue weighted by atomic mass is 9.87. The van der Waals surface area contributed by atoms with Gasteiger partial charge in [0.05, 0.1) is 22.7 Å². The average molecular weight is 460 g/mol. The Hall–Kier alpha value is -4.51. The number of hydrogen-bond donors (Lipinski definition) is 1. The molecule has 1 aliphatic carbocycles. The lowest BCUT2D eigenvalue weighted by molar-refractivity contribution is 0.0570. The van der Waals surface area contributed by atoms with Crippen molar-refractivity contribution < 1.29 is 19.5 Å². The van der Waals surface area contributed by atoms with Crippen molar-refractivity contribution in [3.8, 4) is 11.1 Å². The Bertz CT molecular complexity index is 1460. The lowest BCUT2D eigenvalue weighted by Gasteiger charge is -2.30. The van der Waals surface area contributed by atoms with Crippen molar-refractivity contribution in [2.75, 3.05) is 0 Å². The number of rotatable bonds is 5. The van der Waals surface area contributed by atoms with Crippen LogP contribution in [0.3, 0.4) is 0 Å². The number of imide groups is 1. The summed E-state index contributed by atoms with van der Waals surface area (Å²) in [6, 6.07) is 29.7. The maximum atomic E-state index is 13.6. The first-order chi connectivity index (χ1) is 17.0. The summed E-state index contributed by atoms with van der Waals surface area (Å²) in [5.74, 6) is -1.98. The summed E-state index contributed by atoms with van der Waals surface area (Å²) in [5.41, 5.74) is 5.95. The fourth-order valence-corrected chi connectivity index (χ4v) is 5.48. The summed E-state index contributed by atoms with van der Waals surface area (Å²) in [6.07, 6.45) is 0.523. The third kappa shape index (κ3) is 3.28. The molecule has 1 atom stereocenters. The second-order valence-corrected chi connectivity index (χ2v) is 8.94. The van der Waals surface area contributed by atoms with Crippen LogP contribution in [0.2, 0.25) is 0 Å². The minimum Gasteiger partial charge on any atom is -0.478 e. The highest BCUT2D eigenvalue weighted by molar-refractivity contribution is 6.22. The highest BCUT2D eigenvalue weighted by atomic mass is 16.4. The molecule has 0 saturated heterocycles. The molecule has 5 nitrogen and oxygen atoms in total. The van der Waals surface area contributed by atoms with E-state index in [1.165, 1.54) is 45.4 Å². The first-order valence-corrected chi connectivity index (χ1v) is 11.5. The van der Waals surface area contributed by atoms with E-state index in [2.05, 4.69) is 24.3 Å². The third-order valence-corrected chi connectivity index (χ3v) is 7.08. The average Bonchev–Trinajstić information content (AvgIpc) is 3.34. The molecule has 2 amide bonds. The van der Waals surface area contributed by atoms with E-state index < -0.39 is 23.8 Å². The second kappa shape index (κ2) is 8.06. The molecule has 5 heteroatoms. The molecule has 0 aromatic heterocycles. The van der Waals surface area contributed by atoms with Gasteiger partial charge in [0.1, 0.15) is 0 Å². The molecular weight excluding hydrogens is 438 g/mol. The molecule has 0 unspecified atom stereocenters. The summed E-state index contributed by atoms with van der Waals surface area (Å²) in [5, 5.41) is 9.39. The van der Waals surface area contributed by atoms with Crippen LogP contribution in [0, 0.1) is 0 Å². The number of carbonyl (C=O) groups excluding carboxylic acids is 2. The van der Waals surface area contributed by atoms with Crippen LogP contribution in [-0.2, 0) is 0 Å². The maximum Gasteiger partial charge on any atom is 0.335 e. The van der Waals surface area contributed by atoms with Gasteiger partial charge in [-0.15, -0.1) is 0 Å². The van der Waals surface area contributed by atoms with Gasteiger partial charge in [0.2, 0.25) is 0 Å². The maximum absolute atomic E-state index is 13.6. The molecule has 6 rings (SSSR count). The number of nitrogens with zero attached hydrogens (tertiary/aromatic N) is 1. The molecule has 1 aliphatic heterocycles. The fourth-order valence-electron chi connectivity index (χ4n) is 5.48. The van der Waals surface area contributed by atoms with Crippen LogP contribution in [0.25, 0.3) is 11.1 Å². The highest BCUT2D eigenvalue weighted by Gasteiger charge is 2.43. The summed E-state index contributed by atoms with van der Waals surface area (Å²) >= 11 is 0. The molecular formula is C30H21NO4. The highest BCUT2D eigenvalue weighted by Crippen LogP contribution is 2.49. The van der Waals surface area contributed by atoms with Gasteiger partial charge < -0.3 is 5.11 Å². The lowest BCUT2D eigenvalue weighted by Crippen LogP contribution is -2.35.